The number of likely N-dealkylation sites (tertiary alicyclic amines) is 1. The molecule has 1 saturated carbocycles. The van der Waals surface area contributed by atoms with Gasteiger partial charge in [-0.15, -0.1) is 0 Å². The molecule has 1 aromatic rings. The minimum absolute atomic E-state index is 0.192. The van der Waals surface area contributed by atoms with Crippen molar-refractivity contribution in [1.82, 2.24) is 15.5 Å². The number of carbonyl (C=O) groups excluding carboxylic acids is 1. The number of hydrogen-bond donors (Lipinski definition) is 3. The molecule has 2 fully saturated rings. The standard InChI is InChI=1S/C19H28FN3O2/c20-18-6-5-15(9-16(18)13-24)10-21-19(25)22-17-7-8-23(12-17)11-14-3-1-2-4-14/h5-6,9,14,17,24H,1-4,7-8,10-13H2,(H2,21,22,25). The van der Waals surface area contributed by atoms with Crippen LogP contribution >= 0.6 is 0 Å². The van der Waals surface area contributed by atoms with Gasteiger partial charge < -0.3 is 20.6 Å². The van der Waals surface area contributed by atoms with E-state index in [2.05, 4.69) is 15.5 Å². The average molecular weight is 349 g/mol. The SMILES string of the molecule is O=C(NCc1ccc(F)c(CO)c1)NC1CCN(CC2CCCC2)C1. The lowest BCUT2D eigenvalue weighted by Gasteiger charge is -2.20. The maximum Gasteiger partial charge on any atom is 0.315 e. The van der Waals surface area contributed by atoms with Gasteiger partial charge in [0, 0.05) is 37.8 Å². The molecule has 1 aliphatic heterocycles. The van der Waals surface area contributed by atoms with E-state index in [4.69, 9.17) is 5.11 Å². The molecular formula is C19H28FN3O2. The van der Waals surface area contributed by atoms with Gasteiger partial charge >= 0.3 is 6.03 Å². The van der Waals surface area contributed by atoms with Crippen molar-refractivity contribution in [2.45, 2.75) is 51.3 Å². The van der Waals surface area contributed by atoms with Gasteiger partial charge in [-0.3, -0.25) is 0 Å². The van der Waals surface area contributed by atoms with Gasteiger partial charge in [0.2, 0.25) is 0 Å². The van der Waals surface area contributed by atoms with Crippen LogP contribution in [0.3, 0.4) is 0 Å². The van der Waals surface area contributed by atoms with Crippen molar-refractivity contribution >= 4 is 6.03 Å². The number of urea groups is 1. The number of aliphatic hydroxyl groups is 1. The number of carbonyl (C=O) groups is 1. The molecule has 5 nitrogen and oxygen atoms in total. The van der Waals surface area contributed by atoms with Crippen molar-refractivity contribution in [2.75, 3.05) is 19.6 Å². The predicted octanol–water partition coefficient (Wildman–Crippen LogP) is 2.38. The molecule has 0 bridgehead atoms. The zero-order chi connectivity index (χ0) is 17.6. The molecular weight excluding hydrogens is 321 g/mol. The lowest BCUT2D eigenvalue weighted by atomic mass is 10.1. The first-order chi connectivity index (χ1) is 12.1. The van der Waals surface area contributed by atoms with Crippen molar-refractivity contribution in [3.8, 4) is 0 Å². The van der Waals surface area contributed by atoms with Gasteiger partial charge in [0.1, 0.15) is 5.82 Å². The quantitative estimate of drug-likeness (QED) is 0.739. The lowest BCUT2D eigenvalue weighted by molar-refractivity contribution is 0.234. The fraction of sp³-hybridized carbons (Fsp3) is 0.632. The van der Waals surface area contributed by atoms with Crippen LogP contribution in [0.5, 0.6) is 0 Å². The van der Waals surface area contributed by atoms with E-state index in [9.17, 15) is 9.18 Å². The van der Waals surface area contributed by atoms with Crippen LogP contribution in [0.1, 0.15) is 43.2 Å². The van der Waals surface area contributed by atoms with Gasteiger partial charge in [-0.05, 0) is 42.9 Å². The third-order valence-electron chi connectivity index (χ3n) is 5.33. The molecule has 25 heavy (non-hydrogen) atoms. The molecule has 0 aromatic heterocycles. The van der Waals surface area contributed by atoms with Crippen molar-refractivity contribution in [3.63, 3.8) is 0 Å². The maximum atomic E-state index is 13.4. The fourth-order valence-electron chi connectivity index (χ4n) is 3.95. The molecule has 2 amide bonds. The van der Waals surface area contributed by atoms with Gasteiger partial charge in [0.25, 0.3) is 0 Å². The van der Waals surface area contributed by atoms with Crippen LogP contribution in [-0.2, 0) is 13.2 Å². The van der Waals surface area contributed by atoms with E-state index in [0.717, 1.165) is 31.0 Å². The highest BCUT2D eigenvalue weighted by molar-refractivity contribution is 5.74. The van der Waals surface area contributed by atoms with E-state index in [1.54, 1.807) is 12.1 Å². The van der Waals surface area contributed by atoms with E-state index in [1.165, 1.54) is 38.3 Å². The van der Waals surface area contributed by atoms with Gasteiger partial charge in [0.05, 0.1) is 6.61 Å². The van der Waals surface area contributed by atoms with Crippen LogP contribution in [0.4, 0.5) is 9.18 Å². The van der Waals surface area contributed by atoms with Crippen LogP contribution in [-0.4, -0.2) is 41.7 Å². The highest BCUT2D eigenvalue weighted by Gasteiger charge is 2.26. The van der Waals surface area contributed by atoms with Crippen molar-refractivity contribution in [2.24, 2.45) is 5.92 Å². The van der Waals surface area contributed by atoms with E-state index in [-0.39, 0.29) is 24.2 Å². The molecule has 3 N–H and O–H groups in total. The topological polar surface area (TPSA) is 64.6 Å². The Morgan fingerprint density at radius 2 is 2.08 bits per heavy atom. The second kappa shape index (κ2) is 8.63. The van der Waals surface area contributed by atoms with Crippen molar-refractivity contribution in [3.05, 3.63) is 35.1 Å². The smallest absolute Gasteiger partial charge is 0.315 e. The first-order valence-electron chi connectivity index (χ1n) is 9.29. The summed E-state index contributed by atoms with van der Waals surface area (Å²) < 4.78 is 13.4. The second-order valence-corrected chi connectivity index (χ2v) is 7.31. The third kappa shape index (κ3) is 5.16. The Labute approximate surface area is 148 Å². The number of rotatable bonds is 6. The van der Waals surface area contributed by atoms with Crippen molar-refractivity contribution < 1.29 is 14.3 Å². The van der Waals surface area contributed by atoms with Gasteiger partial charge in [-0.25, -0.2) is 9.18 Å². The normalized spacial score (nSPS) is 21.6. The minimum Gasteiger partial charge on any atom is -0.392 e. The Balaban J connectivity index is 1.39. The number of hydrogen-bond acceptors (Lipinski definition) is 3. The Hall–Kier alpha value is -1.66. The zero-order valence-electron chi connectivity index (χ0n) is 14.6. The van der Waals surface area contributed by atoms with Gasteiger partial charge in [-0.2, -0.15) is 0 Å². The monoisotopic (exact) mass is 349 g/mol. The Morgan fingerprint density at radius 1 is 1.28 bits per heavy atom. The molecule has 1 saturated heterocycles. The summed E-state index contributed by atoms with van der Waals surface area (Å²) in [6.07, 6.45) is 6.42. The summed E-state index contributed by atoms with van der Waals surface area (Å²) in [7, 11) is 0. The highest BCUT2D eigenvalue weighted by Crippen LogP contribution is 2.26. The fourth-order valence-corrected chi connectivity index (χ4v) is 3.95. The molecule has 0 radical (unpaired) electrons. The number of halogens is 1. The lowest BCUT2D eigenvalue weighted by Crippen LogP contribution is -2.43. The number of aliphatic hydroxyl groups excluding tert-OH is 1. The summed E-state index contributed by atoms with van der Waals surface area (Å²) in [5.74, 6) is 0.413. The van der Waals surface area contributed by atoms with E-state index in [1.807, 2.05) is 0 Å². The largest absolute Gasteiger partial charge is 0.392 e. The molecule has 1 atom stereocenters. The summed E-state index contributed by atoms with van der Waals surface area (Å²) >= 11 is 0. The number of nitrogens with zero attached hydrogens (tertiary/aromatic N) is 1. The van der Waals surface area contributed by atoms with Crippen LogP contribution in [0.15, 0.2) is 18.2 Å². The van der Waals surface area contributed by atoms with Gasteiger partial charge in [-0.1, -0.05) is 18.9 Å². The number of benzene rings is 1. The van der Waals surface area contributed by atoms with E-state index >= 15 is 0 Å². The Kier molecular flexibility index (Phi) is 6.26. The van der Waals surface area contributed by atoms with Crippen molar-refractivity contribution in [1.29, 1.82) is 0 Å². The molecule has 1 heterocycles. The summed E-state index contributed by atoms with van der Waals surface area (Å²) in [6.45, 7) is 3.12. The first kappa shape index (κ1) is 18.1. The van der Waals surface area contributed by atoms with E-state index in [0.29, 0.717) is 6.54 Å². The second-order valence-electron chi connectivity index (χ2n) is 7.31. The maximum absolute atomic E-state index is 13.4. The minimum atomic E-state index is -0.427. The first-order valence-corrected chi connectivity index (χ1v) is 9.29. The summed E-state index contributed by atoms with van der Waals surface area (Å²) in [4.78, 5) is 14.5. The Morgan fingerprint density at radius 3 is 2.84 bits per heavy atom. The zero-order valence-corrected chi connectivity index (χ0v) is 14.6. The van der Waals surface area contributed by atoms with Crippen LogP contribution in [0.2, 0.25) is 0 Å². The average Bonchev–Trinajstić information content (AvgIpc) is 3.27. The molecule has 1 aromatic carbocycles. The molecule has 1 unspecified atom stereocenters. The molecule has 1 aliphatic carbocycles. The molecule has 6 heteroatoms. The molecule has 3 rings (SSSR count). The van der Waals surface area contributed by atoms with Gasteiger partial charge in [0.15, 0.2) is 0 Å². The van der Waals surface area contributed by atoms with Crippen LogP contribution < -0.4 is 10.6 Å². The Bertz CT molecular complexity index is 590. The number of amides is 2. The highest BCUT2D eigenvalue weighted by atomic mass is 19.1. The molecule has 2 aliphatic rings. The summed E-state index contributed by atoms with van der Waals surface area (Å²) in [5.41, 5.74) is 1.02. The molecule has 138 valence electrons. The summed E-state index contributed by atoms with van der Waals surface area (Å²) in [5, 5.41) is 14.9. The van der Waals surface area contributed by atoms with E-state index < -0.39 is 5.82 Å². The van der Waals surface area contributed by atoms with Crippen LogP contribution in [0, 0.1) is 11.7 Å². The number of nitrogens with one attached hydrogen (secondary N) is 2. The summed E-state index contributed by atoms with van der Waals surface area (Å²) in [6, 6.07) is 4.52. The molecule has 0 spiro atoms. The van der Waals surface area contributed by atoms with Crippen LogP contribution in [0.25, 0.3) is 0 Å². The predicted molar refractivity (Wildman–Crippen MR) is 94.5 cm³/mol. The third-order valence-corrected chi connectivity index (χ3v) is 5.33.